The summed E-state index contributed by atoms with van der Waals surface area (Å²) < 4.78 is 25.5. The molecular weight excluding hydrogens is 422 g/mol. The van der Waals surface area contributed by atoms with Crippen LogP contribution in [0.2, 0.25) is 0 Å². The number of carbonyl (C=O) groups excluding carboxylic acids is 3. The molecule has 2 aliphatic heterocycles. The van der Waals surface area contributed by atoms with E-state index in [0.29, 0.717) is 22.7 Å². The van der Waals surface area contributed by atoms with E-state index < -0.39 is 49.2 Å². The molecule has 0 N–H and O–H groups in total. The first-order valence-corrected chi connectivity index (χ1v) is 8.95. The first kappa shape index (κ1) is 25.5. The van der Waals surface area contributed by atoms with Gasteiger partial charge in [-0.25, -0.2) is 8.42 Å². The maximum atomic E-state index is 12.7. The zero-order chi connectivity index (χ0) is 19.9. The normalized spacial score (nSPS) is 21.2. The van der Waals surface area contributed by atoms with Gasteiger partial charge in [0, 0.05) is 11.8 Å². The number of aromatic nitrogens is 1. The molecule has 0 spiro atoms. The average molecular weight is 432 g/mol. The second-order valence-corrected chi connectivity index (χ2v) is 7.58. The number of carbonyl (C=O) groups is 3. The van der Waals surface area contributed by atoms with E-state index >= 15 is 0 Å². The first-order chi connectivity index (χ1) is 12.7. The van der Waals surface area contributed by atoms with Gasteiger partial charge < -0.3 is 19.8 Å². The Balaban J connectivity index is 0.00000210. The Morgan fingerprint density at radius 3 is 2.38 bits per heavy atom. The molecule has 0 saturated carbocycles. The van der Waals surface area contributed by atoms with Crippen molar-refractivity contribution in [1.29, 1.82) is 0 Å². The van der Waals surface area contributed by atoms with E-state index in [-0.39, 0.29) is 64.7 Å². The fourth-order valence-electron chi connectivity index (χ4n) is 2.78. The molecule has 0 aliphatic carbocycles. The van der Waals surface area contributed by atoms with Crippen LogP contribution in [0.5, 0.6) is 0 Å². The van der Waals surface area contributed by atoms with E-state index in [1.54, 1.807) is 12.1 Å². The van der Waals surface area contributed by atoms with Crippen LogP contribution in [0.25, 0.3) is 6.08 Å². The van der Waals surface area contributed by atoms with E-state index in [4.69, 9.17) is 0 Å². The molecular formula is C17H10N2Na2O7S. The molecule has 3 heterocycles. The van der Waals surface area contributed by atoms with Crippen molar-refractivity contribution in [3.05, 3.63) is 70.6 Å². The molecule has 1 amide bonds. The van der Waals surface area contributed by atoms with E-state index in [0.717, 1.165) is 0 Å². The van der Waals surface area contributed by atoms with Crippen LogP contribution < -0.4 is 69.3 Å². The topological polar surface area (TPSA) is 148 Å². The molecule has 1 atom stereocenters. The van der Waals surface area contributed by atoms with Crippen molar-refractivity contribution >= 4 is 33.8 Å². The number of carboxylic acids is 2. The second-order valence-electron chi connectivity index (χ2n) is 5.55. The van der Waals surface area contributed by atoms with Crippen LogP contribution in [0.1, 0.15) is 5.69 Å². The van der Waals surface area contributed by atoms with E-state index in [1.807, 2.05) is 0 Å². The SMILES string of the molecule is C=C1C(/C=C/C(=O)[O-])=C(C(=O)[O-])N2C(=O)/C(=C/c3ccccn3)C2S1(=O)=O.[Na+].[Na+]. The Morgan fingerprint density at radius 2 is 1.86 bits per heavy atom. The molecule has 1 unspecified atom stereocenters. The quantitative estimate of drug-likeness (QED) is 0.259. The Bertz CT molecular complexity index is 1090. The predicted octanol–water partition coefficient (Wildman–Crippen LogP) is -8.11. The monoisotopic (exact) mass is 432 g/mol. The van der Waals surface area contributed by atoms with Gasteiger partial charge in [-0.15, -0.1) is 0 Å². The van der Waals surface area contributed by atoms with Gasteiger partial charge in [-0.05, 0) is 30.4 Å². The van der Waals surface area contributed by atoms with Crippen LogP contribution in [0.4, 0.5) is 0 Å². The Morgan fingerprint density at radius 1 is 1.21 bits per heavy atom. The third kappa shape index (κ3) is 4.48. The molecule has 9 nitrogen and oxygen atoms in total. The van der Waals surface area contributed by atoms with Crippen LogP contribution in [0.15, 0.2) is 64.9 Å². The number of nitrogens with zero attached hydrogens (tertiary/aromatic N) is 2. The molecule has 2 aliphatic rings. The molecule has 138 valence electrons. The molecule has 1 saturated heterocycles. The molecule has 0 aromatic carbocycles. The van der Waals surface area contributed by atoms with E-state index in [1.165, 1.54) is 18.3 Å². The molecule has 1 aromatic rings. The maximum absolute atomic E-state index is 12.7. The summed E-state index contributed by atoms with van der Waals surface area (Å²) in [6, 6.07) is 4.80. The Hall–Kier alpha value is -1.53. The van der Waals surface area contributed by atoms with Gasteiger partial charge in [0.25, 0.3) is 5.91 Å². The molecule has 1 fully saturated rings. The van der Waals surface area contributed by atoms with Crippen molar-refractivity contribution in [1.82, 2.24) is 9.88 Å². The summed E-state index contributed by atoms with van der Waals surface area (Å²) in [6.07, 6.45) is 3.82. The summed E-state index contributed by atoms with van der Waals surface area (Å²) >= 11 is 0. The first-order valence-electron chi connectivity index (χ1n) is 7.40. The summed E-state index contributed by atoms with van der Waals surface area (Å²) in [5.41, 5.74) is -1.21. The van der Waals surface area contributed by atoms with Crippen LogP contribution in [-0.4, -0.2) is 41.5 Å². The van der Waals surface area contributed by atoms with E-state index in [9.17, 15) is 33.0 Å². The molecule has 29 heavy (non-hydrogen) atoms. The number of aliphatic carboxylic acids is 2. The van der Waals surface area contributed by atoms with Crippen LogP contribution >= 0.6 is 0 Å². The summed E-state index contributed by atoms with van der Waals surface area (Å²) in [5.74, 6) is -4.40. The maximum Gasteiger partial charge on any atom is 1.00 e. The van der Waals surface area contributed by atoms with Gasteiger partial charge >= 0.3 is 59.1 Å². The molecule has 0 radical (unpaired) electrons. The zero-order valence-electron chi connectivity index (χ0n) is 15.5. The smallest absolute Gasteiger partial charge is 0.545 e. The number of fused-ring (bicyclic) bond motifs is 1. The van der Waals surface area contributed by atoms with Crippen LogP contribution in [-0.2, 0) is 24.2 Å². The number of rotatable bonds is 4. The number of hydrogen-bond donors (Lipinski definition) is 0. The fraction of sp³-hybridized carbons (Fsp3) is 0.0588. The van der Waals surface area contributed by atoms with Crippen molar-refractivity contribution in [2.24, 2.45) is 0 Å². The summed E-state index contributed by atoms with van der Waals surface area (Å²) in [5, 5.41) is 20.5. The van der Waals surface area contributed by atoms with Crippen molar-refractivity contribution in [2.45, 2.75) is 5.37 Å². The molecule has 1 aromatic heterocycles. The van der Waals surface area contributed by atoms with Crippen molar-refractivity contribution in [2.75, 3.05) is 0 Å². The number of carboxylic acid groups (broad SMARTS) is 2. The fourth-order valence-corrected chi connectivity index (χ4v) is 4.51. The van der Waals surface area contributed by atoms with Crippen molar-refractivity contribution < 1.29 is 92.1 Å². The van der Waals surface area contributed by atoms with Gasteiger partial charge in [-0.1, -0.05) is 12.6 Å². The number of hydrogen-bond acceptors (Lipinski definition) is 8. The average Bonchev–Trinajstić information content (AvgIpc) is 2.61. The molecule has 12 heteroatoms. The van der Waals surface area contributed by atoms with Gasteiger partial charge in [-0.2, -0.15) is 0 Å². The third-order valence-corrected chi connectivity index (χ3v) is 5.93. The van der Waals surface area contributed by atoms with Crippen LogP contribution in [0.3, 0.4) is 0 Å². The Kier molecular flexibility index (Phi) is 8.37. The minimum Gasteiger partial charge on any atom is -0.545 e. The number of sulfone groups is 1. The largest absolute Gasteiger partial charge is 1.00 e. The van der Waals surface area contributed by atoms with Gasteiger partial charge in [0.05, 0.1) is 33.8 Å². The summed E-state index contributed by atoms with van der Waals surface area (Å²) in [6.45, 7) is 3.36. The van der Waals surface area contributed by atoms with Crippen LogP contribution in [0, 0.1) is 0 Å². The number of pyridine rings is 1. The minimum atomic E-state index is -4.27. The number of allylic oxidation sites excluding steroid dienone is 2. The summed E-state index contributed by atoms with van der Waals surface area (Å²) in [4.78, 5) is 38.5. The predicted molar refractivity (Wildman–Crippen MR) is 87.1 cm³/mol. The van der Waals surface area contributed by atoms with Crippen molar-refractivity contribution in [3.8, 4) is 0 Å². The van der Waals surface area contributed by atoms with Crippen molar-refractivity contribution in [3.63, 3.8) is 0 Å². The van der Waals surface area contributed by atoms with Gasteiger partial charge in [-0.3, -0.25) is 14.7 Å². The zero-order valence-corrected chi connectivity index (χ0v) is 20.3. The number of amides is 1. The Labute approximate surface area is 210 Å². The second kappa shape index (κ2) is 9.52. The number of β-lactam (4-membered cyclic amide) rings is 1. The third-order valence-electron chi connectivity index (χ3n) is 3.97. The van der Waals surface area contributed by atoms with Gasteiger partial charge in [0.1, 0.15) is 0 Å². The van der Waals surface area contributed by atoms with Gasteiger partial charge in [0.15, 0.2) is 5.37 Å². The minimum absolute atomic E-state index is 0. The standard InChI is InChI=1S/C17H12N2O7S.2Na/c1-9-11(5-6-13(20)21)14(17(23)24)19-15(22)12(16(19)27(9,25)26)8-10-4-2-3-7-18-10;;/h2-8,16H,1H2,(H,20,21)(H,23,24);;/q;2*+1/p-2/b6-5+,12-8-;;. The summed E-state index contributed by atoms with van der Waals surface area (Å²) in [7, 11) is -4.27. The van der Waals surface area contributed by atoms with E-state index in [2.05, 4.69) is 11.6 Å². The molecule has 3 rings (SSSR count). The molecule has 0 bridgehead atoms. The van der Waals surface area contributed by atoms with Gasteiger partial charge in [0.2, 0.25) is 9.84 Å².